The van der Waals surface area contributed by atoms with E-state index in [1.54, 1.807) is 18.3 Å². The number of nitrogens with zero attached hydrogens (tertiary/aromatic N) is 2. The first kappa shape index (κ1) is 12.6. The molecule has 2 rings (SSSR count). The normalized spacial score (nSPS) is 10.8. The van der Waals surface area contributed by atoms with Crippen LogP contribution in [0.5, 0.6) is 5.75 Å². The molecule has 0 saturated carbocycles. The van der Waals surface area contributed by atoms with Gasteiger partial charge in [0.25, 0.3) is 0 Å². The van der Waals surface area contributed by atoms with Crippen molar-refractivity contribution in [2.24, 2.45) is 5.73 Å². The molecule has 0 spiro atoms. The van der Waals surface area contributed by atoms with E-state index in [0.717, 1.165) is 36.1 Å². The molecule has 1 aromatic heterocycles. The fourth-order valence-electron chi connectivity index (χ4n) is 2.09. The predicted octanol–water partition coefficient (Wildman–Crippen LogP) is 2.12. The summed E-state index contributed by atoms with van der Waals surface area (Å²) in [6, 6.07) is 7.33. The van der Waals surface area contributed by atoms with Gasteiger partial charge in [0.05, 0.1) is 0 Å². The molecule has 0 fully saturated rings. The topological polar surface area (TPSA) is 62.4 Å². The Morgan fingerprint density at radius 3 is 2.89 bits per heavy atom. The number of hydrogen-bond acceptors (Lipinski definition) is 4. The fraction of sp³-hybridized carbons (Fsp3) is 0.357. The molecule has 1 heterocycles. The molecule has 0 aliphatic carbocycles. The van der Waals surface area contributed by atoms with Crippen LogP contribution in [0.4, 0.5) is 5.82 Å². The number of fused-ring (bicyclic) bond motifs is 1. The van der Waals surface area contributed by atoms with Gasteiger partial charge in [-0.15, -0.1) is 0 Å². The van der Waals surface area contributed by atoms with E-state index >= 15 is 0 Å². The molecule has 4 nitrogen and oxygen atoms in total. The molecular weight excluding hydrogens is 226 g/mol. The summed E-state index contributed by atoms with van der Waals surface area (Å²) in [7, 11) is 0. The van der Waals surface area contributed by atoms with E-state index in [0.29, 0.717) is 6.54 Å². The number of anilines is 1. The van der Waals surface area contributed by atoms with Gasteiger partial charge >= 0.3 is 0 Å². The molecule has 1 aromatic carbocycles. The van der Waals surface area contributed by atoms with Crippen LogP contribution in [0, 0.1) is 0 Å². The molecule has 4 heteroatoms. The highest BCUT2D eigenvalue weighted by molar-refractivity contribution is 5.93. The molecule has 0 saturated heterocycles. The van der Waals surface area contributed by atoms with Crippen molar-refractivity contribution in [3.05, 3.63) is 30.5 Å². The van der Waals surface area contributed by atoms with Gasteiger partial charge in [-0.05, 0) is 43.5 Å². The zero-order valence-corrected chi connectivity index (χ0v) is 10.6. The van der Waals surface area contributed by atoms with E-state index < -0.39 is 0 Å². The Labute approximate surface area is 107 Å². The van der Waals surface area contributed by atoms with E-state index in [-0.39, 0.29) is 5.75 Å². The molecule has 18 heavy (non-hydrogen) atoms. The van der Waals surface area contributed by atoms with Gasteiger partial charge in [0.1, 0.15) is 11.6 Å². The van der Waals surface area contributed by atoms with Gasteiger partial charge in [-0.2, -0.15) is 0 Å². The van der Waals surface area contributed by atoms with Crippen molar-refractivity contribution in [1.29, 1.82) is 0 Å². The second-order valence-electron chi connectivity index (χ2n) is 4.26. The average molecular weight is 245 g/mol. The van der Waals surface area contributed by atoms with Crippen molar-refractivity contribution < 1.29 is 5.11 Å². The molecule has 0 radical (unpaired) electrons. The standard InChI is InChI=1S/C14H19N3O/c1-2-17(9-3-7-15)14-13-10-12(18)5-4-11(13)6-8-16-14/h4-6,8,10,18H,2-3,7,9,15H2,1H3. The Morgan fingerprint density at radius 2 is 2.17 bits per heavy atom. The van der Waals surface area contributed by atoms with E-state index in [1.165, 1.54) is 0 Å². The lowest BCUT2D eigenvalue weighted by molar-refractivity contribution is 0.476. The molecule has 2 aromatic rings. The largest absolute Gasteiger partial charge is 0.508 e. The average Bonchev–Trinajstić information content (AvgIpc) is 2.40. The maximum Gasteiger partial charge on any atom is 0.136 e. The first-order valence-electron chi connectivity index (χ1n) is 6.29. The third kappa shape index (κ3) is 2.54. The summed E-state index contributed by atoms with van der Waals surface area (Å²) in [5.74, 6) is 1.19. The van der Waals surface area contributed by atoms with Gasteiger partial charge in [0, 0.05) is 24.7 Å². The first-order valence-corrected chi connectivity index (χ1v) is 6.29. The van der Waals surface area contributed by atoms with Crippen LogP contribution in [0.1, 0.15) is 13.3 Å². The predicted molar refractivity (Wildman–Crippen MR) is 75.0 cm³/mol. The molecule has 0 atom stereocenters. The first-order chi connectivity index (χ1) is 8.76. The van der Waals surface area contributed by atoms with Crippen LogP contribution in [0.25, 0.3) is 10.8 Å². The van der Waals surface area contributed by atoms with Crippen LogP contribution >= 0.6 is 0 Å². The maximum atomic E-state index is 9.62. The molecule has 0 bridgehead atoms. The van der Waals surface area contributed by atoms with Crippen LogP contribution < -0.4 is 10.6 Å². The SMILES string of the molecule is CCN(CCCN)c1nccc2ccc(O)cc12. The number of hydrogen-bond donors (Lipinski definition) is 2. The monoisotopic (exact) mass is 245 g/mol. The lowest BCUT2D eigenvalue weighted by Gasteiger charge is -2.23. The van der Waals surface area contributed by atoms with Gasteiger partial charge in [0.15, 0.2) is 0 Å². The van der Waals surface area contributed by atoms with Crippen LogP contribution in [-0.4, -0.2) is 29.7 Å². The van der Waals surface area contributed by atoms with Crippen LogP contribution in [0.15, 0.2) is 30.5 Å². The number of pyridine rings is 1. The molecule has 96 valence electrons. The van der Waals surface area contributed by atoms with Crippen LogP contribution in [0.2, 0.25) is 0 Å². The smallest absolute Gasteiger partial charge is 0.136 e. The van der Waals surface area contributed by atoms with Crippen molar-refractivity contribution in [1.82, 2.24) is 4.98 Å². The summed E-state index contributed by atoms with van der Waals surface area (Å²) < 4.78 is 0. The summed E-state index contributed by atoms with van der Waals surface area (Å²) in [6.45, 7) is 4.53. The number of aromatic hydroxyl groups is 1. The minimum atomic E-state index is 0.270. The van der Waals surface area contributed by atoms with Gasteiger partial charge in [-0.3, -0.25) is 0 Å². The summed E-state index contributed by atoms with van der Waals surface area (Å²) >= 11 is 0. The van der Waals surface area contributed by atoms with E-state index in [1.807, 2.05) is 12.1 Å². The van der Waals surface area contributed by atoms with Crippen molar-refractivity contribution in [3.8, 4) is 5.75 Å². The van der Waals surface area contributed by atoms with Gasteiger partial charge in [-0.1, -0.05) is 6.07 Å². The Balaban J connectivity index is 2.44. The number of phenols is 1. The third-order valence-corrected chi connectivity index (χ3v) is 3.04. The molecule has 0 unspecified atom stereocenters. The van der Waals surface area contributed by atoms with Crippen LogP contribution in [-0.2, 0) is 0 Å². The lowest BCUT2D eigenvalue weighted by atomic mass is 10.1. The quantitative estimate of drug-likeness (QED) is 0.847. The Kier molecular flexibility index (Phi) is 3.99. The number of aromatic nitrogens is 1. The highest BCUT2D eigenvalue weighted by Crippen LogP contribution is 2.27. The van der Waals surface area contributed by atoms with Crippen molar-refractivity contribution in [2.45, 2.75) is 13.3 Å². The van der Waals surface area contributed by atoms with Crippen LogP contribution in [0.3, 0.4) is 0 Å². The number of rotatable bonds is 5. The van der Waals surface area contributed by atoms with Gasteiger partial charge in [0.2, 0.25) is 0 Å². The zero-order chi connectivity index (χ0) is 13.0. The van der Waals surface area contributed by atoms with Crippen molar-refractivity contribution in [3.63, 3.8) is 0 Å². The zero-order valence-electron chi connectivity index (χ0n) is 10.6. The minimum Gasteiger partial charge on any atom is -0.508 e. The number of phenolic OH excluding ortho intramolecular Hbond substituents is 1. The second-order valence-corrected chi connectivity index (χ2v) is 4.26. The summed E-state index contributed by atoms with van der Waals surface area (Å²) in [4.78, 5) is 6.64. The highest BCUT2D eigenvalue weighted by atomic mass is 16.3. The van der Waals surface area contributed by atoms with Gasteiger partial charge in [-0.25, -0.2) is 4.98 Å². The lowest BCUT2D eigenvalue weighted by Crippen LogP contribution is -2.26. The number of benzene rings is 1. The maximum absolute atomic E-state index is 9.62. The molecule has 0 aliphatic heterocycles. The summed E-state index contributed by atoms with van der Waals surface area (Å²) in [5, 5.41) is 11.7. The highest BCUT2D eigenvalue weighted by Gasteiger charge is 2.10. The summed E-state index contributed by atoms with van der Waals surface area (Å²) in [5.41, 5.74) is 5.56. The molecular formula is C14H19N3O. The van der Waals surface area contributed by atoms with E-state index in [9.17, 15) is 5.11 Å². The van der Waals surface area contributed by atoms with Crippen molar-refractivity contribution >= 4 is 16.6 Å². The fourth-order valence-corrected chi connectivity index (χ4v) is 2.09. The molecule has 0 amide bonds. The van der Waals surface area contributed by atoms with E-state index in [4.69, 9.17) is 5.73 Å². The Bertz CT molecular complexity index is 527. The Morgan fingerprint density at radius 1 is 1.33 bits per heavy atom. The summed E-state index contributed by atoms with van der Waals surface area (Å²) in [6.07, 6.45) is 2.74. The minimum absolute atomic E-state index is 0.270. The molecule has 0 aliphatic rings. The van der Waals surface area contributed by atoms with Crippen molar-refractivity contribution in [2.75, 3.05) is 24.5 Å². The third-order valence-electron chi connectivity index (χ3n) is 3.04. The second kappa shape index (κ2) is 5.69. The Hall–Kier alpha value is -1.81. The van der Waals surface area contributed by atoms with Gasteiger partial charge < -0.3 is 15.7 Å². The van der Waals surface area contributed by atoms with E-state index in [2.05, 4.69) is 16.8 Å². The number of nitrogens with two attached hydrogens (primary N) is 1. The molecule has 3 N–H and O–H groups in total.